The molecule has 6 nitrogen and oxygen atoms in total. The first-order chi connectivity index (χ1) is 22.6. The summed E-state index contributed by atoms with van der Waals surface area (Å²) in [5.41, 5.74) is 5.15. The number of carboxylic acid groups (broad SMARTS) is 1. The smallest absolute Gasteiger partial charge is 0.303 e. The first-order valence-corrected chi connectivity index (χ1v) is 17.9. The molecule has 2 fully saturated rings. The molecule has 47 heavy (non-hydrogen) atoms. The van der Waals surface area contributed by atoms with E-state index >= 15 is 0 Å². The fourth-order valence-electron chi connectivity index (χ4n) is 5.96. The summed E-state index contributed by atoms with van der Waals surface area (Å²) in [6.07, 6.45) is 8.02. The second kappa shape index (κ2) is 16.3. The summed E-state index contributed by atoms with van der Waals surface area (Å²) in [6, 6.07) is 26.5. The second-order valence-electron chi connectivity index (χ2n) is 13.2. The molecule has 1 saturated heterocycles. The van der Waals surface area contributed by atoms with Crippen molar-refractivity contribution in [3.63, 3.8) is 0 Å². The topological polar surface area (TPSA) is 94.5 Å². The van der Waals surface area contributed by atoms with Gasteiger partial charge in [0.25, 0.3) is 0 Å². The van der Waals surface area contributed by atoms with Crippen molar-refractivity contribution < 1.29 is 15.0 Å². The molecule has 0 bridgehead atoms. The molecule has 1 aliphatic heterocycles. The lowest BCUT2D eigenvalue weighted by Crippen LogP contribution is -2.39. The van der Waals surface area contributed by atoms with Crippen molar-refractivity contribution in [3.05, 3.63) is 112 Å². The first-order valence-electron chi connectivity index (χ1n) is 16.5. The highest BCUT2D eigenvalue weighted by Gasteiger charge is 2.44. The molecule has 4 aromatic rings. The molecule has 1 saturated carbocycles. The Balaban J connectivity index is 0.000000650. The number of halogens is 1. The van der Waals surface area contributed by atoms with Crippen LogP contribution in [0.1, 0.15) is 72.7 Å². The van der Waals surface area contributed by atoms with Crippen molar-refractivity contribution in [2.24, 2.45) is 5.41 Å². The highest BCUT2D eigenvalue weighted by Crippen LogP contribution is 2.53. The predicted molar refractivity (Wildman–Crippen MR) is 197 cm³/mol. The monoisotopic (exact) mass is 671 g/mol. The molecule has 6 rings (SSSR count). The Labute approximate surface area is 288 Å². The molecule has 2 heterocycles. The molecule has 248 valence electrons. The van der Waals surface area contributed by atoms with Crippen molar-refractivity contribution in [1.29, 1.82) is 0 Å². The average Bonchev–Trinajstić information content (AvgIpc) is 3.83. The lowest BCUT2D eigenvalue weighted by atomic mass is 9.90. The third-order valence-electron chi connectivity index (χ3n) is 8.79. The maximum Gasteiger partial charge on any atom is 0.303 e. The van der Waals surface area contributed by atoms with E-state index < -0.39 is 11.6 Å². The summed E-state index contributed by atoms with van der Waals surface area (Å²) in [6.45, 7) is 8.21. The normalized spacial score (nSPS) is 16.4. The van der Waals surface area contributed by atoms with Gasteiger partial charge in [-0.25, -0.2) is 4.98 Å². The zero-order valence-electron chi connectivity index (χ0n) is 27.3. The van der Waals surface area contributed by atoms with E-state index in [1.54, 1.807) is 0 Å². The van der Waals surface area contributed by atoms with Crippen molar-refractivity contribution in [2.45, 2.75) is 56.8 Å². The van der Waals surface area contributed by atoms with E-state index in [4.69, 9.17) is 16.6 Å². The Kier molecular flexibility index (Phi) is 12.2. The molecule has 8 heteroatoms. The molecule has 0 radical (unpaired) electrons. The fraction of sp³-hybridized carbons (Fsp3) is 0.385. The second-order valence-corrected chi connectivity index (χ2v) is 14.8. The Hall–Kier alpha value is -3.20. The average molecular weight is 672 g/mol. The van der Waals surface area contributed by atoms with Crippen LogP contribution in [0.4, 0.5) is 0 Å². The Morgan fingerprint density at radius 3 is 2.38 bits per heavy atom. The number of nitrogens with zero attached hydrogens (tertiary/aromatic N) is 1. The van der Waals surface area contributed by atoms with Crippen LogP contribution in [0.5, 0.6) is 0 Å². The number of thioether (sulfide) groups is 1. The van der Waals surface area contributed by atoms with Crippen LogP contribution < -0.4 is 10.6 Å². The largest absolute Gasteiger partial charge is 0.481 e. The number of benzene rings is 3. The number of fused-ring (bicyclic) bond motifs is 1. The van der Waals surface area contributed by atoms with Gasteiger partial charge in [0, 0.05) is 47.6 Å². The quantitative estimate of drug-likeness (QED) is 0.121. The van der Waals surface area contributed by atoms with Crippen LogP contribution in [0.15, 0.2) is 78.9 Å². The summed E-state index contributed by atoms with van der Waals surface area (Å²) in [5, 5.41) is 28.5. The number of piperazine rings is 1. The number of nitrogens with one attached hydrogen (secondary N) is 2. The number of pyridine rings is 1. The highest BCUT2D eigenvalue weighted by atomic mass is 35.5. The zero-order chi connectivity index (χ0) is 33.3. The molecular weight excluding hydrogens is 626 g/mol. The number of hydrogen-bond donors (Lipinski definition) is 4. The number of carboxylic acids is 1. The van der Waals surface area contributed by atoms with Gasteiger partial charge >= 0.3 is 5.97 Å². The van der Waals surface area contributed by atoms with Gasteiger partial charge in [-0.15, -0.1) is 0 Å². The molecule has 3 aromatic carbocycles. The first kappa shape index (κ1) is 35.1. The Morgan fingerprint density at radius 2 is 1.70 bits per heavy atom. The molecule has 1 aliphatic carbocycles. The molecular formula is C39H46ClN3O3S. The van der Waals surface area contributed by atoms with Gasteiger partial charge < -0.3 is 20.8 Å². The summed E-state index contributed by atoms with van der Waals surface area (Å²) >= 11 is 8.04. The Bertz CT molecular complexity index is 1670. The van der Waals surface area contributed by atoms with Gasteiger partial charge in [0.05, 0.1) is 23.2 Å². The van der Waals surface area contributed by atoms with Gasteiger partial charge in [-0.3, -0.25) is 4.79 Å². The van der Waals surface area contributed by atoms with Gasteiger partial charge in [0.15, 0.2) is 0 Å². The number of aryl methyl sites for hydroxylation is 1. The van der Waals surface area contributed by atoms with Crippen LogP contribution in [0.3, 0.4) is 0 Å². The minimum atomic E-state index is -0.911. The van der Waals surface area contributed by atoms with Crippen molar-refractivity contribution in [3.8, 4) is 0 Å². The lowest BCUT2D eigenvalue weighted by Gasteiger charge is -2.24. The standard InChI is InChI=1S/C35H36ClNO3S.C4H10N2/c1-34(2,40)30-9-4-3-7-25(30)13-17-32(41-23-35(18-19-35)22-33(38)39)27-8-5-6-24(20-27)10-15-29-16-12-26-11-14-28(36)21-31(26)37-29;1-2-6-4-3-5-1/h3-12,14-16,20-21,32,40H,13,17-19,22-23H2,1-2H3,(H,38,39);5-6H,1-4H2/b15-10+;/t32-;/m1./s1. The molecule has 0 unspecified atom stereocenters. The molecule has 1 atom stereocenters. The number of rotatable bonds is 12. The number of aliphatic carboxylic acids is 1. The van der Waals surface area contributed by atoms with E-state index in [1.165, 1.54) is 5.56 Å². The van der Waals surface area contributed by atoms with E-state index in [0.717, 1.165) is 90.9 Å². The molecule has 4 N–H and O–H groups in total. The predicted octanol–water partition coefficient (Wildman–Crippen LogP) is 8.13. The van der Waals surface area contributed by atoms with E-state index in [0.29, 0.717) is 5.02 Å². The van der Waals surface area contributed by atoms with E-state index in [-0.39, 0.29) is 17.1 Å². The van der Waals surface area contributed by atoms with Crippen LogP contribution in [-0.4, -0.2) is 53.1 Å². The summed E-state index contributed by atoms with van der Waals surface area (Å²) in [4.78, 5) is 16.2. The van der Waals surface area contributed by atoms with Gasteiger partial charge in [0.1, 0.15) is 0 Å². The van der Waals surface area contributed by atoms with Crippen LogP contribution in [0.2, 0.25) is 5.02 Å². The number of hydrogen-bond acceptors (Lipinski definition) is 6. The SMILES string of the molecule is C1CNCCN1.CC(C)(O)c1ccccc1CC[C@@H](SCC1(CC(=O)O)CC1)c1cccc(/C=C/c2ccc3ccc(Cl)cc3n2)c1. The fourth-order valence-corrected chi connectivity index (χ4v) is 7.70. The van der Waals surface area contributed by atoms with Crippen LogP contribution in [0.25, 0.3) is 23.1 Å². The maximum absolute atomic E-state index is 11.5. The number of carbonyl (C=O) groups is 1. The molecule has 2 aliphatic rings. The summed E-state index contributed by atoms with van der Waals surface area (Å²) < 4.78 is 0. The molecule has 1 aromatic heterocycles. The minimum Gasteiger partial charge on any atom is -0.481 e. The number of aliphatic hydroxyl groups is 1. The third kappa shape index (κ3) is 10.6. The maximum atomic E-state index is 11.5. The lowest BCUT2D eigenvalue weighted by molar-refractivity contribution is -0.138. The van der Waals surface area contributed by atoms with Gasteiger partial charge in [0.2, 0.25) is 0 Å². The number of aromatic nitrogens is 1. The van der Waals surface area contributed by atoms with Crippen LogP contribution in [-0.2, 0) is 16.8 Å². The molecule has 0 spiro atoms. The van der Waals surface area contributed by atoms with Crippen LogP contribution in [0, 0.1) is 5.41 Å². The molecule has 0 amide bonds. The van der Waals surface area contributed by atoms with Gasteiger partial charge in [-0.2, -0.15) is 11.8 Å². The van der Waals surface area contributed by atoms with E-state index in [2.05, 4.69) is 53.1 Å². The van der Waals surface area contributed by atoms with E-state index in [1.807, 2.05) is 74.1 Å². The van der Waals surface area contributed by atoms with Gasteiger partial charge in [-0.1, -0.05) is 78.3 Å². The van der Waals surface area contributed by atoms with Crippen molar-refractivity contribution in [1.82, 2.24) is 15.6 Å². The summed E-state index contributed by atoms with van der Waals surface area (Å²) in [5.74, 6) is 0.122. The zero-order valence-corrected chi connectivity index (χ0v) is 28.9. The van der Waals surface area contributed by atoms with E-state index in [9.17, 15) is 15.0 Å². The highest BCUT2D eigenvalue weighted by molar-refractivity contribution is 7.99. The Morgan fingerprint density at radius 1 is 0.979 bits per heavy atom. The third-order valence-corrected chi connectivity index (χ3v) is 10.7. The minimum absolute atomic E-state index is 0.0814. The van der Waals surface area contributed by atoms with Crippen molar-refractivity contribution >= 4 is 52.4 Å². The van der Waals surface area contributed by atoms with Crippen molar-refractivity contribution in [2.75, 3.05) is 31.9 Å². The van der Waals surface area contributed by atoms with Gasteiger partial charge in [-0.05, 0) is 91.5 Å². The van der Waals surface area contributed by atoms with Crippen LogP contribution >= 0.6 is 23.4 Å². The summed E-state index contributed by atoms with van der Waals surface area (Å²) in [7, 11) is 0.